The Kier molecular flexibility index (Phi) is 8.63. The Balaban J connectivity index is 1.46. The summed E-state index contributed by atoms with van der Waals surface area (Å²) in [6.45, 7) is 7.58. The summed E-state index contributed by atoms with van der Waals surface area (Å²) >= 11 is 0. The average molecular weight is 492 g/mol. The van der Waals surface area contributed by atoms with Crippen molar-refractivity contribution in [1.29, 1.82) is 5.26 Å². The Morgan fingerprint density at radius 1 is 1.03 bits per heavy atom. The summed E-state index contributed by atoms with van der Waals surface area (Å²) in [6.07, 6.45) is 0.845. The molecule has 2 aliphatic heterocycles. The van der Waals surface area contributed by atoms with E-state index in [0.29, 0.717) is 75.3 Å². The van der Waals surface area contributed by atoms with Crippen LogP contribution in [0.25, 0.3) is 0 Å². The molecule has 0 N–H and O–H groups in total. The van der Waals surface area contributed by atoms with E-state index >= 15 is 0 Å². The lowest BCUT2D eigenvalue weighted by atomic mass is 10.1. The lowest BCUT2D eigenvalue weighted by Gasteiger charge is -2.32. The van der Waals surface area contributed by atoms with Crippen LogP contribution in [0.5, 0.6) is 11.5 Å². The third-order valence-corrected chi connectivity index (χ3v) is 6.42. The minimum absolute atomic E-state index is 0.0780. The van der Waals surface area contributed by atoms with Crippen molar-refractivity contribution >= 4 is 17.6 Å². The SMILES string of the molecule is COc1cc(OCc2ccccc2)cc(C#N)c1/N=C(\C)N1CCCN(C(=O)N2CCOCC2)CC1. The fraction of sp³-hybridized carbons (Fsp3) is 0.444. The molecule has 0 aliphatic carbocycles. The van der Waals surface area contributed by atoms with Gasteiger partial charge in [-0.3, -0.25) is 0 Å². The molecule has 0 unspecified atom stereocenters. The van der Waals surface area contributed by atoms with Gasteiger partial charge in [0.05, 0.1) is 25.9 Å². The maximum absolute atomic E-state index is 12.9. The number of amides is 2. The second kappa shape index (κ2) is 12.3. The van der Waals surface area contributed by atoms with Gasteiger partial charge in [-0.1, -0.05) is 30.3 Å². The molecule has 2 fully saturated rings. The van der Waals surface area contributed by atoms with Gasteiger partial charge in [-0.2, -0.15) is 5.26 Å². The Morgan fingerprint density at radius 3 is 2.44 bits per heavy atom. The summed E-state index contributed by atoms with van der Waals surface area (Å²) in [5, 5.41) is 9.83. The third-order valence-electron chi connectivity index (χ3n) is 6.42. The van der Waals surface area contributed by atoms with Gasteiger partial charge in [0.1, 0.15) is 35.7 Å². The number of nitrogens with zero attached hydrogens (tertiary/aromatic N) is 5. The van der Waals surface area contributed by atoms with Crippen LogP contribution >= 0.6 is 0 Å². The van der Waals surface area contributed by atoms with Crippen molar-refractivity contribution in [1.82, 2.24) is 14.7 Å². The van der Waals surface area contributed by atoms with Gasteiger partial charge in [-0.15, -0.1) is 0 Å². The van der Waals surface area contributed by atoms with Gasteiger partial charge >= 0.3 is 6.03 Å². The van der Waals surface area contributed by atoms with Crippen LogP contribution in [0.2, 0.25) is 0 Å². The lowest BCUT2D eigenvalue weighted by Crippen LogP contribution is -2.49. The molecule has 0 spiro atoms. The number of methoxy groups -OCH3 is 1. The minimum Gasteiger partial charge on any atom is -0.494 e. The van der Waals surface area contributed by atoms with Crippen LogP contribution in [0.15, 0.2) is 47.5 Å². The van der Waals surface area contributed by atoms with Gasteiger partial charge < -0.3 is 28.9 Å². The lowest BCUT2D eigenvalue weighted by molar-refractivity contribution is 0.0437. The van der Waals surface area contributed by atoms with Crippen LogP contribution in [-0.4, -0.2) is 86.2 Å². The second-order valence-corrected chi connectivity index (χ2v) is 8.78. The molecule has 2 aromatic rings. The standard InChI is InChI=1S/C27H33N5O4/c1-21(30-9-6-10-31(12-11-30)27(33)32-13-15-35-16-14-32)29-26-23(19-28)17-24(18-25(26)34-2)36-20-22-7-4-3-5-8-22/h3-5,7-8,17-18H,6,9-16,20H2,1-2H3/b29-21+. The Labute approximate surface area is 212 Å². The van der Waals surface area contributed by atoms with Gasteiger partial charge in [-0.05, 0) is 18.9 Å². The molecule has 2 saturated heterocycles. The van der Waals surface area contributed by atoms with E-state index in [4.69, 9.17) is 19.2 Å². The highest BCUT2D eigenvalue weighted by molar-refractivity contribution is 5.85. The molecular formula is C27H33N5O4. The van der Waals surface area contributed by atoms with E-state index in [9.17, 15) is 10.1 Å². The number of amidine groups is 1. The first-order chi connectivity index (χ1) is 17.6. The number of hydrogen-bond acceptors (Lipinski definition) is 6. The van der Waals surface area contributed by atoms with Crippen LogP contribution in [0, 0.1) is 11.3 Å². The first-order valence-electron chi connectivity index (χ1n) is 12.3. The summed E-state index contributed by atoms with van der Waals surface area (Å²) in [5.41, 5.74) is 1.90. The maximum atomic E-state index is 12.9. The number of benzene rings is 2. The molecule has 2 heterocycles. The van der Waals surface area contributed by atoms with Crippen molar-refractivity contribution in [2.24, 2.45) is 4.99 Å². The largest absolute Gasteiger partial charge is 0.494 e. The van der Waals surface area contributed by atoms with Crippen LogP contribution in [0.4, 0.5) is 10.5 Å². The zero-order valence-corrected chi connectivity index (χ0v) is 21.0. The van der Waals surface area contributed by atoms with Gasteiger partial charge in [0, 0.05) is 51.4 Å². The number of ether oxygens (including phenoxy) is 3. The van der Waals surface area contributed by atoms with E-state index in [2.05, 4.69) is 11.0 Å². The number of rotatable bonds is 5. The highest BCUT2D eigenvalue weighted by Crippen LogP contribution is 2.36. The number of carbonyl (C=O) groups excluding carboxylic acids is 1. The molecule has 36 heavy (non-hydrogen) atoms. The van der Waals surface area contributed by atoms with Crippen LogP contribution in [0.3, 0.4) is 0 Å². The number of morpholine rings is 1. The predicted molar refractivity (Wildman–Crippen MR) is 137 cm³/mol. The molecule has 0 radical (unpaired) electrons. The molecule has 0 atom stereocenters. The Bertz CT molecular complexity index is 1110. The number of hydrogen-bond donors (Lipinski definition) is 0. The average Bonchev–Trinajstić information content (AvgIpc) is 3.19. The summed E-state index contributed by atoms with van der Waals surface area (Å²) in [7, 11) is 1.56. The number of carbonyl (C=O) groups is 1. The Hall–Kier alpha value is -3.77. The first-order valence-corrected chi connectivity index (χ1v) is 12.3. The molecule has 9 heteroatoms. The van der Waals surface area contributed by atoms with E-state index in [1.54, 1.807) is 19.2 Å². The number of nitriles is 1. The molecule has 2 aromatic carbocycles. The van der Waals surface area contributed by atoms with Crippen molar-refractivity contribution in [2.45, 2.75) is 20.0 Å². The predicted octanol–water partition coefficient (Wildman–Crippen LogP) is 3.66. The molecule has 2 aliphatic rings. The van der Waals surface area contributed by atoms with Crippen LogP contribution < -0.4 is 9.47 Å². The van der Waals surface area contributed by atoms with Crippen LogP contribution in [-0.2, 0) is 11.3 Å². The van der Waals surface area contributed by atoms with E-state index in [0.717, 1.165) is 24.4 Å². The zero-order valence-electron chi connectivity index (χ0n) is 21.0. The summed E-state index contributed by atoms with van der Waals surface area (Å²) in [6, 6.07) is 15.6. The normalized spacial score (nSPS) is 16.8. The van der Waals surface area contributed by atoms with E-state index in [-0.39, 0.29) is 6.03 Å². The highest BCUT2D eigenvalue weighted by atomic mass is 16.5. The van der Waals surface area contributed by atoms with Gasteiger partial charge in [0.25, 0.3) is 0 Å². The van der Waals surface area contributed by atoms with Crippen LogP contribution in [0.1, 0.15) is 24.5 Å². The van der Waals surface area contributed by atoms with E-state index in [1.807, 2.05) is 47.1 Å². The molecule has 9 nitrogen and oxygen atoms in total. The molecular weight excluding hydrogens is 458 g/mol. The zero-order chi connectivity index (χ0) is 25.3. The van der Waals surface area contributed by atoms with Crippen molar-refractivity contribution < 1.29 is 19.0 Å². The summed E-state index contributed by atoms with van der Waals surface area (Å²) < 4.78 is 16.9. The quantitative estimate of drug-likeness (QED) is 0.468. The van der Waals surface area contributed by atoms with Gasteiger partial charge in [-0.25, -0.2) is 9.79 Å². The second-order valence-electron chi connectivity index (χ2n) is 8.78. The Morgan fingerprint density at radius 2 is 1.72 bits per heavy atom. The topological polar surface area (TPSA) is 90.6 Å². The van der Waals surface area contributed by atoms with Crippen molar-refractivity contribution in [3.63, 3.8) is 0 Å². The fourth-order valence-corrected chi connectivity index (χ4v) is 4.38. The number of aliphatic imine (C=N–C) groups is 1. The fourth-order valence-electron chi connectivity index (χ4n) is 4.38. The summed E-state index contributed by atoms with van der Waals surface area (Å²) in [5.74, 6) is 1.81. The molecule has 0 aromatic heterocycles. The smallest absolute Gasteiger partial charge is 0.320 e. The van der Waals surface area contributed by atoms with Crippen molar-refractivity contribution in [2.75, 3.05) is 59.6 Å². The molecule has 190 valence electrons. The molecule has 2 amide bonds. The number of urea groups is 1. The molecule has 0 bridgehead atoms. The van der Waals surface area contributed by atoms with E-state index < -0.39 is 0 Å². The third kappa shape index (κ3) is 6.26. The van der Waals surface area contributed by atoms with Gasteiger partial charge in [0.15, 0.2) is 0 Å². The maximum Gasteiger partial charge on any atom is 0.320 e. The highest BCUT2D eigenvalue weighted by Gasteiger charge is 2.25. The monoisotopic (exact) mass is 491 g/mol. The van der Waals surface area contributed by atoms with Crippen molar-refractivity contribution in [3.8, 4) is 17.6 Å². The van der Waals surface area contributed by atoms with Gasteiger partial charge in [0.2, 0.25) is 0 Å². The molecule has 0 saturated carbocycles. The molecule has 4 rings (SSSR count). The summed E-state index contributed by atoms with van der Waals surface area (Å²) in [4.78, 5) is 23.6. The first kappa shape index (κ1) is 25.3. The minimum atomic E-state index is 0.0780. The van der Waals surface area contributed by atoms with E-state index in [1.165, 1.54) is 0 Å². The van der Waals surface area contributed by atoms with Crippen molar-refractivity contribution in [3.05, 3.63) is 53.6 Å².